The molecule has 1 aromatic heterocycles. The van der Waals surface area contributed by atoms with Crippen LogP contribution in [0.5, 0.6) is 5.75 Å². The Morgan fingerprint density at radius 2 is 1.89 bits per heavy atom. The highest BCUT2D eigenvalue weighted by Gasteiger charge is 2.41. The molecule has 1 saturated heterocycles. The average Bonchev–Trinajstić information content (AvgIpc) is 2.90. The Hall–Kier alpha value is -2.56. The Morgan fingerprint density at radius 3 is 2.53 bits per heavy atom. The number of rotatable bonds is 10. The van der Waals surface area contributed by atoms with Gasteiger partial charge in [0.05, 0.1) is 23.1 Å². The highest BCUT2D eigenvalue weighted by molar-refractivity contribution is 7.99. The largest absolute Gasteiger partial charge is 0.497 e. The predicted molar refractivity (Wildman–Crippen MR) is 139 cm³/mol. The summed E-state index contributed by atoms with van der Waals surface area (Å²) in [5.74, 6) is -3.88. The van der Waals surface area contributed by atoms with E-state index >= 15 is 4.39 Å². The second-order valence-corrected chi connectivity index (χ2v) is 11.0. The Balaban J connectivity index is 1.36. The van der Waals surface area contributed by atoms with Crippen molar-refractivity contribution in [2.75, 3.05) is 32.5 Å². The van der Waals surface area contributed by atoms with Crippen LogP contribution in [0.4, 0.5) is 17.6 Å². The molecule has 11 heteroatoms. The third-order valence-electron chi connectivity index (χ3n) is 7.16. The minimum atomic E-state index is -1.50. The maximum atomic E-state index is 15.6. The molecule has 4 rings (SSSR count). The SMILES string of the molecule is COc1ccc2ncc(Cl)c([C@H](F)CCC3(C(=O)O)CCN(CCSc4cc(F)c(F)c(F)c4)CC3)c2c1. The number of hydrogen-bond donors (Lipinski definition) is 1. The molecule has 5 nitrogen and oxygen atoms in total. The van der Waals surface area contributed by atoms with Crippen molar-refractivity contribution >= 4 is 40.2 Å². The van der Waals surface area contributed by atoms with Gasteiger partial charge in [0.25, 0.3) is 0 Å². The smallest absolute Gasteiger partial charge is 0.309 e. The van der Waals surface area contributed by atoms with Crippen LogP contribution in [0.2, 0.25) is 5.02 Å². The predicted octanol–water partition coefficient (Wildman–Crippen LogP) is 7.06. The minimum Gasteiger partial charge on any atom is -0.497 e. The molecule has 0 amide bonds. The van der Waals surface area contributed by atoms with Crippen LogP contribution in [-0.2, 0) is 4.79 Å². The summed E-state index contributed by atoms with van der Waals surface area (Å²) < 4.78 is 60.8. The summed E-state index contributed by atoms with van der Waals surface area (Å²) in [5.41, 5.74) is -0.221. The second-order valence-electron chi connectivity index (χ2n) is 9.39. The van der Waals surface area contributed by atoms with Crippen molar-refractivity contribution in [3.05, 3.63) is 64.6 Å². The van der Waals surface area contributed by atoms with Crippen LogP contribution >= 0.6 is 23.4 Å². The molecule has 0 spiro atoms. The Labute approximate surface area is 227 Å². The van der Waals surface area contributed by atoms with E-state index in [2.05, 4.69) is 9.88 Å². The number of methoxy groups -OCH3 is 1. The summed E-state index contributed by atoms with van der Waals surface area (Å²) in [6.45, 7) is 1.55. The molecule has 0 saturated carbocycles. The van der Waals surface area contributed by atoms with Gasteiger partial charge in [0.1, 0.15) is 11.9 Å². The van der Waals surface area contributed by atoms with Crippen molar-refractivity contribution < 1.29 is 32.2 Å². The lowest BCUT2D eigenvalue weighted by molar-refractivity contribution is -0.153. The van der Waals surface area contributed by atoms with E-state index in [-0.39, 0.29) is 28.3 Å². The molecule has 1 fully saturated rings. The van der Waals surface area contributed by atoms with Crippen molar-refractivity contribution in [3.63, 3.8) is 0 Å². The van der Waals surface area contributed by atoms with E-state index in [1.54, 1.807) is 18.2 Å². The van der Waals surface area contributed by atoms with Crippen molar-refractivity contribution in [1.29, 1.82) is 0 Å². The van der Waals surface area contributed by atoms with E-state index < -0.39 is 35.0 Å². The molecule has 204 valence electrons. The Morgan fingerprint density at radius 1 is 1.21 bits per heavy atom. The van der Waals surface area contributed by atoms with Crippen LogP contribution in [-0.4, -0.2) is 53.5 Å². The molecule has 2 aromatic carbocycles. The van der Waals surface area contributed by atoms with E-state index in [1.807, 2.05) is 0 Å². The minimum absolute atomic E-state index is 0.0140. The zero-order chi connectivity index (χ0) is 27.4. The van der Waals surface area contributed by atoms with Crippen molar-refractivity contribution in [3.8, 4) is 5.75 Å². The number of pyridine rings is 1. The average molecular weight is 571 g/mol. The number of nitrogens with zero attached hydrogens (tertiary/aromatic N) is 2. The normalized spacial score (nSPS) is 16.5. The quantitative estimate of drug-likeness (QED) is 0.160. The monoisotopic (exact) mass is 570 g/mol. The third-order valence-corrected chi connectivity index (χ3v) is 8.42. The number of alkyl halides is 1. The molecule has 1 atom stereocenters. The fourth-order valence-electron chi connectivity index (χ4n) is 4.84. The molecule has 1 aliphatic rings. The van der Waals surface area contributed by atoms with Crippen molar-refractivity contribution in [2.45, 2.75) is 36.8 Å². The summed E-state index contributed by atoms with van der Waals surface area (Å²) in [4.78, 5) is 18.9. The lowest BCUT2D eigenvalue weighted by Crippen LogP contribution is -2.45. The summed E-state index contributed by atoms with van der Waals surface area (Å²) in [6, 6.07) is 7.03. The molecule has 0 unspecified atom stereocenters. The number of likely N-dealkylation sites (tertiary alicyclic amines) is 1. The maximum absolute atomic E-state index is 15.6. The van der Waals surface area contributed by atoms with Gasteiger partial charge in [-0.05, 0) is 69.1 Å². The van der Waals surface area contributed by atoms with Gasteiger partial charge >= 0.3 is 5.97 Å². The number of piperidine rings is 1. The van der Waals surface area contributed by atoms with Crippen LogP contribution < -0.4 is 4.74 Å². The zero-order valence-electron chi connectivity index (χ0n) is 20.7. The lowest BCUT2D eigenvalue weighted by Gasteiger charge is -2.39. The second kappa shape index (κ2) is 12.1. The highest BCUT2D eigenvalue weighted by Crippen LogP contribution is 2.42. The molecule has 38 heavy (non-hydrogen) atoms. The topological polar surface area (TPSA) is 62.7 Å². The van der Waals surface area contributed by atoms with Gasteiger partial charge in [-0.15, -0.1) is 11.8 Å². The van der Waals surface area contributed by atoms with Gasteiger partial charge in [0.15, 0.2) is 17.5 Å². The number of fused-ring (bicyclic) bond motifs is 1. The molecule has 0 aliphatic carbocycles. The van der Waals surface area contributed by atoms with Gasteiger partial charge in [-0.25, -0.2) is 17.6 Å². The number of ether oxygens (including phenoxy) is 1. The Bertz CT molecular complexity index is 1300. The van der Waals surface area contributed by atoms with Crippen LogP contribution in [0.25, 0.3) is 10.9 Å². The van der Waals surface area contributed by atoms with Crippen LogP contribution in [0.3, 0.4) is 0 Å². The first kappa shape index (κ1) is 28.4. The summed E-state index contributed by atoms with van der Waals surface area (Å²) in [6.07, 6.45) is 0.735. The van der Waals surface area contributed by atoms with Gasteiger partial charge in [-0.2, -0.15) is 0 Å². The molecular weight excluding hydrogens is 544 g/mol. The number of thioether (sulfide) groups is 1. The maximum Gasteiger partial charge on any atom is 0.309 e. The molecule has 1 aliphatic heterocycles. The van der Waals surface area contributed by atoms with E-state index in [0.29, 0.717) is 54.9 Å². The third kappa shape index (κ3) is 6.18. The van der Waals surface area contributed by atoms with E-state index in [1.165, 1.54) is 25.1 Å². The Kier molecular flexibility index (Phi) is 9.05. The lowest BCUT2D eigenvalue weighted by atomic mass is 9.74. The first-order valence-corrected chi connectivity index (χ1v) is 13.5. The number of carboxylic acids is 1. The number of benzene rings is 2. The van der Waals surface area contributed by atoms with Gasteiger partial charge in [-0.1, -0.05) is 11.6 Å². The van der Waals surface area contributed by atoms with Gasteiger partial charge in [0.2, 0.25) is 0 Å². The first-order chi connectivity index (χ1) is 18.1. The van der Waals surface area contributed by atoms with Crippen LogP contribution in [0.1, 0.15) is 37.4 Å². The van der Waals surface area contributed by atoms with Gasteiger partial charge in [-0.3, -0.25) is 9.78 Å². The number of hydrogen-bond acceptors (Lipinski definition) is 5. The fourth-order valence-corrected chi connectivity index (χ4v) is 6.07. The van der Waals surface area contributed by atoms with Gasteiger partial charge in [0, 0.05) is 34.3 Å². The molecule has 3 aromatic rings. The van der Waals surface area contributed by atoms with E-state index in [9.17, 15) is 23.1 Å². The fraction of sp³-hybridized carbons (Fsp3) is 0.407. The number of halogens is 5. The number of aliphatic carboxylic acids is 1. The molecule has 0 bridgehead atoms. The zero-order valence-corrected chi connectivity index (χ0v) is 22.2. The van der Waals surface area contributed by atoms with E-state index in [4.69, 9.17) is 16.3 Å². The molecule has 1 N–H and O–H groups in total. The summed E-state index contributed by atoms with van der Waals surface area (Å²) >= 11 is 7.51. The summed E-state index contributed by atoms with van der Waals surface area (Å²) in [7, 11) is 1.51. The number of aromatic nitrogens is 1. The van der Waals surface area contributed by atoms with E-state index in [0.717, 1.165) is 12.1 Å². The van der Waals surface area contributed by atoms with Gasteiger partial charge < -0.3 is 14.7 Å². The first-order valence-electron chi connectivity index (χ1n) is 12.1. The standard InChI is InChI=1S/C27H27ClF4N2O3S/c1-37-16-2-3-23-18(12-16)24(19(28)15-33-23)20(29)4-5-27(26(35)36)6-8-34(9-7-27)10-11-38-17-13-21(30)25(32)22(31)14-17/h2-3,12-15,20H,4-11H2,1H3,(H,35,36)/t20-/m1/s1. The molecule has 2 heterocycles. The molecule has 0 radical (unpaired) electrons. The highest BCUT2D eigenvalue weighted by atomic mass is 35.5. The number of carbonyl (C=O) groups is 1. The van der Waals surface area contributed by atoms with Crippen LogP contribution in [0.15, 0.2) is 41.4 Å². The van der Waals surface area contributed by atoms with Crippen LogP contribution in [0, 0.1) is 22.9 Å². The van der Waals surface area contributed by atoms with Crippen molar-refractivity contribution in [2.24, 2.45) is 5.41 Å². The number of carboxylic acid groups (broad SMARTS) is 1. The molecular formula is C27H27ClF4N2O3S. The summed E-state index contributed by atoms with van der Waals surface area (Å²) in [5, 5.41) is 10.8. The van der Waals surface area contributed by atoms with Crippen molar-refractivity contribution in [1.82, 2.24) is 9.88 Å².